The fourth-order valence-corrected chi connectivity index (χ4v) is 3.68. The number of benzene rings is 1. The molecule has 0 aromatic heterocycles. The van der Waals surface area contributed by atoms with Gasteiger partial charge in [0.25, 0.3) is 16.6 Å². The van der Waals surface area contributed by atoms with Gasteiger partial charge in [0.15, 0.2) is 0 Å². The molecule has 23 heavy (non-hydrogen) atoms. The van der Waals surface area contributed by atoms with Gasteiger partial charge in [-0.05, 0) is 60.9 Å². The van der Waals surface area contributed by atoms with Gasteiger partial charge in [0, 0.05) is 0 Å². The van der Waals surface area contributed by atoms with Crippen molar-refractivity contribution in [3.8, 4) is 11.5 Å². The van der Waals surface area contributed by atoms with Gasteiger partial charge in [-0.1, -0.05) is 47.6 Å². The molecule has 1 aromatic carbocycles. The first-order valence-corrected chi connectivity index (χ1v) is 14.4. The number of hydrogen-bond acceptors (Lipinski definition) is 2. The van der Waals surface area contributed by atoms with Crippen LogP contribution < -0.4 is 8.85 Å². The first-order chi connectivity index (χ1) is 10.1. The smallest absolute Gasteiger partial charge is 0.250 e. The van der Waals surface area contributed by atoms with Gasteiger partial charge in [-0.25, -0.2) is 0 Å². The van der Waals surface area contributed by atoms with E-state index in [0.717, 1.165) is 11.5 Å². The van der Waals surface area contributed by atoms with E-state index in [1.54, 1.807) is 0 Å². The van der Waals surface area contributed by atoms with Crippen molar-refractivity contribution in [2.45, 2.75) is 84.7 Å². The van der Waals surface area contributed by atoms with E-state index < -0.39 is 16.6 Å². The van der Waals surface area contributed by atoms with E-state index in [1.165, 1.54) is 5.56 Å². The van der Waals surface area contributed by atoms with Crippen molar-refractivity contribution >= 4 is 16.6 Å². The third-order valence-corrected chi connectivity index (χ3v) is 14.1. The highest BCUT2D eigenvalue weighted by atomic mass is 28.4. The highest BCUT2D eigenvalue weighted by Gasteiger charge is 2.42. The Morgan fingerprint density at radius 3 is 1.48 bits per heavy atom. The molecule has 0 saturated carbocycles. The van der Waals surface area contributed by atoms with Crippen LogP contribution in [-0.4, -0.2) is 16.6 Å². The summed E-state index contributed by atoms with van der Waals surface area (Å²) in [6.45, 7) is 24.8. The molecule has 2 nitrogen and oxygen atoms in total. The second-order valence-corrected chi connectivity index (χ2v) is 19.1. The molecular weight excluding hydrogens is 316 g/mol. The number of rotatable bonds is 4. The fourth-order valence-electron chi connectivity index (χ4n) is 1.64. The van der Waals surface area contributed by atoms with Crippen LogP contribution in [0.3, 0.4) is 0 Å². The first kappa shape index (κ1) is 20.3. The zero-order chi connectivity index (χ0) is 18.3. The van der Waals surface area contributed by atoms with Gasteiger partial charge < -0.3 is 8.85 Å². The van der Waals surface area contributed by atoms with Gasteiger partial charge in [-0.3, -0.25) is 0 Å². The van der Waals surface area contributed by atoms with Gasteiger partial charge >= 0.3 is 0 Å². The molecular formula is C19H36O2Si2. The lowest BCUT2D eigenvalue weighted by molar-refractivity contribution is 0.440. The Bertz CT molecular complexity index is 549. The average Bonchev–Trinajstić information content (AvgIpc) is 2.29. The van der Waals surface area contributed by atoms with E-state index in [1.807, 2.05) is 0 Å². The van der Waals surface area contributed by atoms with E-state index in [9.17, 15) is 0 Å². The molecule has 0 aliphatic carbocycles. The molecule has 132 valence electrons. The average molecular weight is 353 g/mol. The Kier molecular flexibility index (Phi) is 5.54. The highest BCUT2D eigenvalue weighted by Crippen LogP contribution is 2.43. The lowest BCUT2D eigenvalue weighted by atomic mass is 10.2. The van der Waals surface area contributed by atoms with Crippen LogP contribution in [-0.2, 0) is 0 Å². The van der Waals surface area contributed by atoms with Crippen molar-refractivity contribution in [3.63, 3.8) is 0 Å². The quantitative estimate of drug-likeness (QED) is 0.557. The summed E-state index contributed by atoms with van der Waals surface area (Å²) in [6.07, 6.45) is 0. The molecule has 0 atom stereocenters. The zero-order valence-corrected chi connectivity index (χ0v) is 19.0. The summed E-state index contributed by atoms with van der Waals surface area (Å²) in [7, 11) is -3.77. The number of hydrogen-bond donors (Lipinski definition) is 0. The van der Waals surface area contributed by atoms with E-state index in [4.69, 9.17) is 8.85 Å². The van der Waals surface area contributed by atoms with Crippen LogP contribution in [0.1, 0.15) is 47.1 Å². The van der Waals surface area contributed by atoms with Crippen LogP contribution in [0.5, 0.6) is 11.5 Å². The first-order valence-electron chi connectivity index (χ1n) is 8.55. The van der Waals surface area contributed by atoms with Gasteiger partial charge in [-0.15, -0.1) is 0 Å². The van der Waals surface area contributed by atoms with Crippen molar-refractivity contribution < 1.29 is 8.85 Å². The van der Waals surface area contributed by atoms with Crippen LogP contribution >= 0.6 is 0 Å². The molecule has 0 bridgehead atoms. The molecule has 0 saturated heterocycles. The molecule has 4 heteroatoms. The van der Waals surface area contributed by atoms with Gasteiger partial charge in [0.05, 0.1) is 0 Å². The van der Waals surface area contributed by atoms with Crippen molar-refractivity contribution in [3.05, 3.63) is 23.8 Å². The predicted molar refractivity (Wildman–Crippen MR) is 107 cm³/mol. The second-order valence-electron chi connectivity index (χ2n) is 9.67. The number of aryl methyl sites for hydroxylation is 1. The normalized spacial score (nSPS) is 13.9. The van der Waals surface area contributed by atoms with Crippen LogP contribution in [0, 0.1) is 6.92 Å². The maximum atomic E-state index is 6.57. The molecule has 0 heterocycles. The maximum absolute atomic E-state index is 6.57. The molecule has 0 N–H and O–H groups in total. The molecule has 0 fully saturated rings. The third-order valence-electron chi connectivity index (χ3n) is 5.44. The Morgan fingerprint density at radius 1 is 0.696 bits per heavy atom. The lowest BCUT2D eigenvalue weighted by Crippen LogP contribution is -2.45. The Balaban J connectivity index is 3.22. The molecule has 0 radical (unpaired) electrons. The molecule has 1 rings (SSSR count). The van der Waals surface area contributed by atoms with E-state index >= 15 is 0 Å². The minimum atomic E-state index is -1.89. The molecule has 0 aliphatic heterocycles. The van der Waals surface area contributed by atoms with E-state index in [-0.39, 0.29) is 10.1 Å². The minimum Gasteiger partial charge on any atom is -0.541 e. The Labute approximate surface area is 145 Å². The van der Waals surface area contributed by atoms with Crippen LogP contribution in [0.2, 0.25) is 36.3 Å². The van der Waals surface area contributed by atoms with Crippen molar-refractivity contribution in [2.24, 2.45) is 0 Å². The van der Waals surface area contributed by atoms with Gasteiger partial charge in [0.1, 0.15) is 11.5 Å². The van der Waals surface area contributed by atoms with Crippen molar-refractivity contribution in [2.75, 3.05) is 0 Å². The molecule has 0 unspecified atom stereocenters. The summed E-state index contributed by atoms with van der Waals surface area (Å²) in [5, 5.41) is 0.344. The Hall–Kier alpha value is -0.746. The summed E-state index contributed by atoms with van der Waals surface area (Å²) in [4.78, 5) is 0. The van der Waals surface area contributed by atoms with E-state index in [0.29, 0.717) is 0 Å². The van der Waals surface area contributed by atoms with Crippen molar-refractivity contribution in [1.82, 2.24) is 0 Å². The van der Waals surface area contributed by atoms with Gasteiger partial charge in [-0.2, -0.15) is 0 Å². The zero-order valence-electron chi connectivity index (χ0n) is 17.0. The minimum absolute atomic E-state index is 0.172. The van der Waals surface area contributed by atoms with Crippen LogP contribution in [0.4, 0.5) is 0 Å². The van der Waals surface area contributed by atoms with Crippen molar-refractivity contribution in [1.29, 1.82) is 0 Å². The largest absolute Gasteiger partial charge is 0.541 e. The standard InChI is InChI=1S/C19H36O2Si2/c1-15-12-13-16(20-22(8,9)18(2,3)4)17(14-15)21-23(10,11)19(5,6)7/h12-14H,1-11H3. The molecule has 1 aromatic rings. The second kappa shape index (κ2) is 6.28. The van der Waals surface area contributed by atoms with Crippen LogP contribution in [0.25, 0.3) is 0 Å². The Morgan fingerprint density at radius 2 is 1.09 bits per heavy atom. The predicted octanol–water partition coefficient (Wildman–Crippen LogP) is 6.76. The summed E-state index contributed by atoms with van der Waals surface area (Å²) in [6, 6.07) is 6.32. The fraction of sp³-hybridized carbons (Fsp3) is 0.684. The van der Waals surface area contributed by atoms with E-state index in [2.05, 4.69) is 92.9 Å². The molecule has 0 amide bonds. The monoisotopic (exact) mass is 352 g/mol. The SMILES string of the molecule is Cc1ccc(O[Si](C)(C)C(C)(C)C)c(O[Si](C)(C)C(C)(C)C)c1. The lowest BCUT2D eigenvalue weighted by Gasteiger charge is -2.39. The topological polar surface area (TPSA) is 18.5 Å². The summed E-state index contributed by atoms with van der Waals surface area (Å²) in [5.74, 6) is 1.83. The molecule has 0 spiro atoms. The van der Waals surface area contributed by atoms with Crippen LogP contribution in [0.15, 0.2) is 18.2 Å². The third kappa shape index (κ3) is 4.86. The molecule has 0 aliphatic rings. The maximum Gasteiger partial charge on any atom is 0.250 e. The highest BCUT2D eigenvalue weighted by molar-refractivity contribution is 6.75. The van der Waals surface area contributed by atoms with Gasteiger partial charge in [0.2, 0.25) is 0 Å². The summed E-state index contributed by atoms with van der Waals surface area (Å²) in [5.41, 5.74) is 1.21. The summed E-state index contributed by atoms with van der Waals surface area (Å²) < 4.78 is 13.1. The summed E-state index contributed by atoms with van der Waals surface area (Å²) >= 11 is 0.